The largest absolute Gasteiger partial charge is 0.491 e. The van der Waals surface area contributed by atoms with Crippen molar-refractivity contribution in [2.45, 2.75) is 45.4 Å². The van der Waals surface area contributed by atoms with Crippen LogP contribution in [0.5, 0.6) is 5.75 Å². The predicted octanol–water partition coefficient (Wildman–Crippen LogP) is 2.36. The highest BCUT2D eigenvalue weighted by Crippen LogP contribution is 2.20. The molecular formula is C18H30N2O2. The summed E-state index contributed by atoms with van der Waals surface area (Å²) in [5.41, 5.74) is 1.28. The molecule has 1 aromatic carbocycles. The third-order valence-corrected chi connectivity index (χ3v) is 4.27. The van der Waals surface area contributed by atoms with E-state index >= 15 is 0 Å². The van der Waals surface area contributed by atoms with Gasteiger partial charge in [0.2, 0.25) is 0 Å². The minimum atomic E-state index is 0.205. The van der Waals surface area contributed by atoms with Crippen molar-refractivity contribution in [3.05, 3.63) is 29.8 Å². The third-order valence-electron chi connectivity index (χ3n) is 4.27. The number of hydrogen-bond donors (Lipinski definition) is 1. The van der Waals surface area contributed by atoms with Crippen LogP contribution in [0.2, 0.25) is 0 Å². The summed E-state index contributed by atoms with van der Waals surface area (Å²) in [6.45, 7) is 8.24. The van der Waals surface area contributed by atoms with Gasteiger partial charge < -0.3 is 14.7 Å². The number of benzene rings is 1. The molecule has 1 aliphatic rings. The van der Waals surface area contributed by atoms with E-state index < -0.39 is 0 Å². The Morgan fingerprint density at radius 1 is 1.23 bits per heavy atom. The van der Waals surface area contributed by atoms with Gasteiger partial charge in [0.1, 0.15) is 5.75 Å². The first kappa shape index (κ1) is 17.3. The fourth-order valence-electron chi connectivity index (χ4n) is 3.06. The molecule has 1 fully saturated rings. The van der Waals surface area contributed by atoms with E-state index in [2.05, 4.69) is 29.0 Å². The normalized spacial score (nSPS) is 17.4. The summed E-state index contributed by atoms with van der Waals surface area (Å²) >= 11 is 0. The van der Waals surface area contributed by atoms with Crippen molar-refractivity contribution in [2.24, 2.45) is 0 Å². The molecule has 0 bridgehead atoms. The smallest absolute Gasteiger partial charge is 0.119 e. The second-order valence-corrected chi connectivity index (χ2v) is 6.54. The number of rotatable bonds is 7. The first-order valence-corrected chi connectivity index (χ1v) is 8.37. The molecule has 0 radical (unpaired) electrons. The Bertz CT molecular complexity index is 425. The Labute approximate surface area is 134 Å². The first-order chi connectivity index (χ1) is 10.6. The SMILES string of the molecule is CC(C)Oc1ccc(CN(CCO)C2CCN(C)CC2)cc1. The number of aliphatic hydroxyl groups excluding tert-OH is 1. The number of likely N-dealkylation sites (tertiary alicyclic amines) is 1. The highest BCUT2D eigenvalue weighted by atomic mass is 16.5. The Balaban J connectivity index is 1.95. The maximum atomic E-state index is 9.37. The second kappa shape index (κ2) is 8.51. The zero-order valence-corrected chi connectivity index (χ0v) is 14.2. The molecule has 2 rings (SSSR count). The van der Waals surface area contributed by atoms with Crippen molar-refractivity contribution >= 4 is 0 Å². The minimum absolute atomic E-state index is 0.205. The van der Waals surface area contributed by atoms with E-state index in [1.54, 1.807) is 0 Å². The molecule has 0 spiro atoms. The van der Waals surface area contributed by atoms with E-state index in [4.69, 9.17) is 4.74 Å². The summed E-state index contributed by atoms with van der Waals surface area (Å²) in [5.74, 6) is 0.923. The highest BCUT2D eigenvalue weighted by molar-refractivity contribution is 5.27. The average Bonchev–Trinajstić information content (AvgIpc) is 2.49. The van der Waals surface area contributed by atoms with Crippen molar-refractivity contribution in [3.63, 3.8) is 0 Å². The molecular weight excluding hydrogens is 276 g/mol. The zero-order valence-electron chi connectivity index (χ0n) is 14.2. The molecule has 124 valence electrons. The van der Waals surface area contributed by atoms with Gasteiger partial charge in [-0.1, -0.05) is 12.1 Å². The summed E-state index contributed by atoms with van der Waals surface area (Å²) in [6, 6.07) is 8.94. The van der Waals surface area contributed by atoms with Gasteiger partial charge in [0.25, 0.3) is 0 Å². The Morgan fingerprint density at radius 3 is 2.41 bits per heavy atom. The lowest BCUT2D eigenvalue weighted by Crippen LogP contribution is -2.44. The van der Waals surface area contributed by atoms with Gasteiger partial charge in [-0.25, -0.2) is 0 Å². The number of nitrogens with zero attached hydrogens (tertiary/aromatic N) is 2. The molecule has 0 unspecified atom stereocenters. The van der Waals surface area contributed by atoms with Crippen LogP contribution in [0.3, 0.4) is 0 Å². The fourth-order valence-corrected chi connectivity index (χ4v) is 3.06. The minimum Gasteiger partial charge on any atom is -0.491 e. The summed E-state index contributed by atoms with van der Waals surface area (Å²) < 4.78 is 5.69. The molecule has 0 aromatic heterocycles. The molecule has 1 N–H and O–H groups in total. The van der Waals surface area contributed by atoms with Gasteiger partial charge in [-0.15, -0.1) is 0 Å². The lowest BCUT2D eigenvalue weighted by atomic mass is 10.0. The number of hydrogen-bond acceptors (Lipinski definition) is 4. The van der Waals surface area contributed by atoms with Crippen molar-refractivity contribution in [1.29, 1.82) is 0 Å². The lowest BCUT2D eigenvalue weighted by molar-refractivity contribution is 0.0941. The van der Waals surface area contributed by atoms with Gasteiger partial charge in [0.05, 0.1) is 12.7 Å². The van der Waals surface area contributed by atoms with E-state index in [9.17, 15) is 5.11 Å². The van der Waals surface area contributed by atoms with Crippen LogP contribution in [-0.2, 0) is 6.54 Å². The topological polar surface area (TPSA) is 35.9 Å². The zero-order chi connectivity index (χ0) is 15.9. The van der Waals surface area contributed by atoms with Crippen molar-refractivity contribution in [1.82, 2.24) is 9.80 Å². The third kappa shape index (κ3) is 5.27. The van der Waals surface area contributed by atoms with Gasteiger partial charge in [0, 0.05) is 19.1 Å². The van der Waals surface area contributed by atoms with Crippen LogP contribution in [0, 0.1) is 0 Å². The van der Waals surface area contributed by atoms with Crippen LogP contribution in [0.1, 0.15) is 32.3 Å². The van der Waals surface area contributed by atoms with Gasteiger partial charge in [-0.05, 0) is 64.5 Å². The summed E-state index contributed by atoms with van der Waals surface area (Å²) in [6.07, 6.45) is 2.58. The van der Waals surface area contributed by atoms with Gasteiger partial charge in [-0.3, -0.25) is 4.90 Å². The Hall–Kier alpha value is -1.10. The molecule has 0 amide bonds. The van der Waals surface area contributed by atoms with E-state index in [1.807, 2.05) is 26.0 Å². The van der Waals surface area contributed by atoms with Crippen LogP contribution in [-0.4, -0.2) is 60.3 Å². The first-order valence-electron chi connectivity index (χ1n) is 8.37. The number of piperidine rings is 1. The molecule has 4 nitrogen and oxygen atoms in total. The summed E-state index contributed by atoms with van der Waals surface area (Å²) in [4.78, 5) is 4.80. The van der Waals surface area contributed by atoms with Gasteiger partial charge in [0.15, 0.2) is 0 Å². The van der Waals surface area contributed by atoms with Crippen LogP contribution < -0.4 is 4.74 Å². The molecule has 0 saturated carbocycles. The van der Waals surface area contributed by atoms with E-state index in [0.29, 0.717) is 6.04 Å². The number of aliphatic hydroxyl groups is 1. The van der Waals surface area contributed by atoms with Crippen molar-refractivity contribution in [2.75, 3.05) is 33.3 Å². The Morgan fingerprint density at radius 2 is 1.86 bits per heavy atom. The lowest BCUT2D eigenvalue weighted by Gasteiger charge is -2.37. The van der Waals surface area contributed by atoms with Gasteiger partial charge in [-0.2, -0.15) is 0 Å². The van der Waals surface area contributed by atoms with Crippen molar-refractivity contribution in [3.8, 4) is 5.75 Å². The molecule has 0 aliphatic carbocycles. The number of ether oxygens (including phenoxy) is 1. The molecule has 0 atom stereocenters. The van der Waals surface area contributed by atoms with E-state index in [-0.39, 0.29) is 12.7 Å². The molecule has 4 heteroatoms. The standard InChI is InChI=1S/C18H30N2O2/c1-15(2)22-18-6-4-16(5-7-18)14-20(12-13-21)17-8-10-19(3)11-9-17/h4-7,15,17,21H,8-14H2,1-3H3. The molecule has 1 aromatic rings. The summed E-state index contributed by atoms with van der Waals surface area (Å²) in [5, 5.41) is 9.37. The monoisotopic (exact) mass is 306 g/mol. The van der Waals surface area contributed by atoms with Gasteiger partial charge >= 0.3 is 0 Å². The van der Waals surface area contributed by atoms with Crippen molar-refractivity contribution < 1.29 is 9.84 Å². The molecule has 1 heterocycles. The van der Waals surface area contributed by atoms with Crippen LogP contribution in [0.25, 0.3) is 0 Å². The van der Waals surface area contributed by atoms with Crippen LogP contribution in [0.4, 0.5) is 0 Å². The van der Waals surface area contributed by atoms with Crippen LogP contribution in [0.15, 0.2) is 24.3 Å². The quantitative estimate of drug-likeness (QED) is 0.839. The second-order valence-electron chi connectivity index (χ2n) is 6.54. The molecule has 1 saturated heterocycles. The Kier molecular flexibility index (Phi) is 6.68. The highest BCUT2D eigenvalue weighted by Gasteiger charge is 2.22. The molecule has 1 aliphatic heterocycles. The van der Waals surface area contributed by atoms with E-state index in [1.165, 1.54) is 18.4 Å². The maximum absolute atomic E-state index is 9.37. The summed E-state index contributed by atoms with van der Waals surface area (Å²) in [7, 11) is 2.18. The molecule has 22 heavy (non-hydrogen) atoms. The fraction of sp³-hybridized carbons (Fsp3) is 0.667. The predicted molar refractivity (Wildman–Crippen MR) is 90.2 cm³/mol. The maximum Gasteiger partial charge on any atom is 0.119 e. The van der Waals surface area contributed by atoms with E-state index in [0.717, 1.165) is 31.9 Å². The average molecular weight is 306 g/mol. The van der Waals surface area contributed by atoms with Crippen LogP contribution >= 0.6 is 0 Å².